The van der Waals surface area contributed by atoms with Gasteiger partial charge in [-0.25, -0.2) is 14.0 Å². The van der Waals surface area contributed by atoms with E-state index < -0.39 is 5.82 Å². The molecule has 0 bridgehead atoms. The monoisotopic (exact) mass is 478 g/mol. The third kappa shape index (κ3) is 4.47. The number of ketones is 1. The van der Waals surface area contributed by atoms with Crippen LogP contribution in [0.1, 0.15) is 21.7 Å². The number of benzene rings is 2. The number of hydrogen-bond acceptors (Lipinski definition) is 8. The fraction of sp³-hybridized carbons (Fsp3) is 0.158. The van der Waals surface area contributed by atoms with Gasteiger partial charge in [-0.05, 0) is 51.4 Å². The second-order valence-electron chi connectivity index (χ2n) is 5.87. The van der Waals surface area contributed by atoms with Gasteiger partial charge in [0.1, 0.15) is 28.6 Å². The van der Waals surface area contributed by atoms with Crippen molar-refractivity contribution in [1.82, 2.24) is 15.8 Å². The molecule has 2 N–H and O–H groups in total. The minimum Gasteiger partial charge on any atom is -0.496 e. The van der Waals surface area contributed by atoms with E-state index in [1.54, 1.807) is 18.2 Å². The molecule has 11 heteroatoms. The fourth-order valence-corrected chi connectivity index (χ4v) is 3.05. The topological polar surface area (TPSA) is 119 Å². The van der Waals surface area contributed by atoms with Crippen LogP contribution in [0.5, 0.6) is 11.5 Å². The van der Waals surface area contributed by atoms with Crippen LogP contribution in [0, 0.1) is 5.82 Å². The van der Waals surface area contributed by atoms with E-state index in [2.05, 4.69) is 31.2 Å². The van der Waals surface area contributed by atoms with Crippen molar-refractivity contribution >= 4 is 33.2 Å². The number of carbonyl (C=O) groups is 1. The van der Waals surface area contributed by atoms with Crippen molar-refractivity contribution in [3.05, 3.63) is 63.6 Å². The van der Waals surface area contributed by atoms with Crippen LogP contribution in [0.2, 0.25) is 0 Å². The van der Waals surface area contributed by atoms with Crippen LogP contribution >= 0.6 is 15.9 Å². The smallest absolute Gasteiger partial charge is 0.182 e. The van der Waals surface area contributed by atoms with Gasteiger partial charge in [-0.2, -0.15) is 0 Å². The highest BCUT2D eigenvalue weighted by molar-refractivity contribution is 9.10. The average Bonchev–Trinajstić information content (AvgIpc) is 3.21. The van der Waals surface area contributed by atoms with Crippen molar-refractivity contribution in [1.29, 1.82) is 0 Å². The number of aliphatic imine (C=N–C) groups is 1. The summed E-state index contributed by atoms with van der Waals surface area (Å²) in [6, 6.07) is 8.97. The molecular weight excluding hydrogens is 463 g/mol. The molecule has 0 radical (unpaired) electrons. The van der Waals surface area contributed by atoms with E-state index in [0.29, 0.717) is 17.2 Å². The Kier molecular flexibility index (Phi) is 6.75. The first kappa shape index (κ1) is 21.4. The maximum atomic E-state index is 13.4. The number of hydrogen-bond donors (Lipinski definition) is 2. The van der Waals surface area contributed by atoms with Gasteiger partial charge < -0.3 is 9.47 Å². The molecule has 0 amide bonds. The molecule has 2 aromatic carbocycles. The lowest BCUT2D eigenvalue weighted by atomic mass is 10.0. The van der Waals surface area contributed by atoms with Crippen molar-refractivity contribution in [2.24, 2.45) is 4.99 Å². The van der Waals surface area contributed by atoms with E-state index in [9.17, 15) is 14.4 Å². The Labute approximate surface area is 178 Å². The molecule has 0 fully saturated rings. The van der Waals surface area contributed by atoms with E-state index in [1.807, 2.05) is 5.48 Å². The fourth-order valence-electron chi connectivity index (χ4n) is 2.68. The van der Waals surface area contributed by atoms with Crippen molar-refractivity contribution in [2.45, 2.75) is 6.42 Å². The number of carbonyl (C=O) groups excluding carboxylic acids is 1. The van der Waals surface area contributed by atoms with Gasteiger partial charge in [0.25, 0.3) is 0 Å². The highest BCUT2D eigenvalue weighted by Crippen LogP contribution is 2.30. The number of ether oxygens (including phenoxy) is 2. The molecule has 3 aromatic rings. The molecule has 9 nitrogen and oxygen atoms in total. The Morgan fingerprint density at radius 2 is 1.93 bits per heavy atom. The molecule has 0 aliphatic heterocycles. The number of amidine groups is 1. The molecule has 0 saturated carbocycles. The molecule has 3 rings (SSSR count). The van der Waals surface area contributed by atoms with Crippen LogP contribution in [0.4, 0.5) is 10.1 Å². The molecule has 1 aromatic heterocycles. The van der Waals surface area contributed by atoms with E-state index in [4.69, 9.17) is 14.1 Å². The van der Waals surface area contributed by atoms with Crippen LogP contribution in [-0.2, 0) is 6.42 Å². The molecule has 0 aliphatic carbocycles. The maximum Gasteiger partial charge on any atom is 0.182 e. The van der Waals surface area contributed by atoms with Gasteiger partial charge in [-0.3, -0.25) is 15.5 Å². The zero-order chi connectivity index (χ0) is 21.7. The maximum absolute atomic E-state index is 13.4. The van der Waals surface area contributed by atoms with Crippen LogP contribution < -0.4 is 15.0 Å². The lowest BCUT2D eigenvalue weighted by molar-refractivity contribution is 0.0984. The predicted molar refractivity (Wildman–Crippen MR) is 107 cm³/mol. The third-order valence-corrected chi connectivity index (χ3v) is 4.67. The summed E-state index contributed by atoms with van der Waals surface area (Å²) in [6.45, 7) is 0. The number of halogens is 2. The van der Waals surface area contributed by atoms with Gasteiger partial charge in [0, 0.05) is 0 Å². The van der Waals surface area contributed by atoms with Crippen LogP contribution in [0.15, 0.2) is 50.5 Å². The van der Waals surface area contributed by atoms with Crippen molar-refractivity contribution in [3.8, 4) is 11.5 Å². The Morgan fingerprint density at radius 3 is 2.53 bits per heavy atom. The van der Waals surface area contributed by atoms with Crippen LogP contribution in [-0.4, -0.2) is 41.4 Å². The highest BCUT2D eigenvalue weighted by Gasteiger charge is 2.24. The first-order valence-electron chi connectivity index (χ1n) is 8.48. The van der Waals surface area contributed by atoms with E-state index in [1.165, 1.54) is 32.4 Å². The SMILES string of the molecule is COc1cccc(OC)c1C(=O)Cc1nonc1C(=Nc1ccc(F)c(Br)c1)NO. The lowest BCUT2D eigenvalue weighted by Gasteiger charge is -2.11. The zero-order valence-corrected chi connectivity index (χ0v) is 17.4. The Balaban J connectivity index is 1.94. The van der Waals surface area contributed by atoms with Crippen molar-refractivity contribution in [2.75, 3.05) is 14.2 Å². The summed E-state index contributed by atoms with van der Waals surface area (Å²) >= 11 is 3.06. The van der Waals surface area contributed by atoms with Gasteiger partial charge in [0.05, 0.1) is 30.8 Å². The molecule has 0 atom stereocenters. The molecule has 156 valence electrons. The van der Waals surface area contributed by atoms with Gasteiger partial charge in [0.15, 0.2) is 17.3 Å². The minimum absolute atomic E-state index is 0.0140. The standard InChI is InChI=1S/C19H16BrFN4O5/c1-28-15-4-3-5-16(29-2)17(15)14(26)9-13-18(25-30-24-13)19(23-27)22-10-6-7-12(21)11(20)8-10/h3-8,27H,9H2,1-2H3,(H,22,23). The molecule has 0 saturated heterocycles. The quantitative estimate of drug-likeness (QED) is 0.229. The van der Waals surface area contributed by atoms with Crippen molar-refractivity contribution < 1.29 is 28.5 Å². The van der Waals surface area contributed by atoms with E-state index in [0.717, 1.165) is 0 Å². The lowest BCUT2D eigenvalue weighted by Crippen LogP contribution is -2.23. The minimum atomic E-state index is -0.465. The second-order valence-corrected chi connectivity index (χ2v) is 6.72. The Bertz CT molecular complexity index is 1080. The normalized spacial score (nSPS) is 11.3. The molecule has 1 heterocycles. The first-order chi connectivity index (χ1) is 14.5. The molecule has 30 heavy (non-hydrogen) atoms. The van der Waals surface area contributed by atoms with E-state index in [-0.39, 0.29) is 39.5 Å². The van der Waals surface area contributed by atoms with Crippen LogP contribution in [0.25, 0.3) is 0 Å². The Hall–Kier alpha value is -3.31. The number of aromatic nitrogens is 2. The average molecular weight is 479 g/mol. The number of nitrogens with zero attached hydrogens (tertiary/aromatic N) is 3. The van der Waals surface area contributed by atoms with E-state index >= 15 is 0 Å². The first-order valence-corrected chi connectivity index (χ1v) is 9.27. The summed E-state index contributed by atoms with van der Waals surface area (Å²) in [4.78, 5) is 17.1. The number of rotatable bonds is 7. The highest BCUT2D eigenvalue weighted by atomic mass is 79.9. The summed E-state index contributed by atoms with van der Waals surface area (Å²) in [6.07, 6.45) is -0.233. The summed E-state index contributed by atoms with van der Waals surface area (Å²) < 4.78 is 28.9. The van der Waals surface area contributed by atoms with Gasteiger partial charge in [-0.15, -0.1) is 0 Å². The molecular formula is C19H16BrFN4O5. The number of nitrogens with one attached hydrogen (secondary N) is 1. The largest absolute Gasteiger partial charge is 0.496 e. The summed E-state index contributed by atoms with van der Waals surface area (Å²) in [5.41, 5.74) is 2.58. The van der Waals surface area contributed by atoms with Crippen molar-refractivity contribution in [3.63, 3.8) is 0 Å². The third-order valence-electron chi connectivity index (χ3n) is 4.07. The molecule has 0 aliphatic rings. The summed E-state index contributed by atoms with van der Waals surface area (Å²) in [5, 5.41) is 17.0. The summed E-state index contributed by atoms with van der Waals surface area (Å²) in [7, 11) is 2.88. The number of hydroxylamine groups is 1. The second kappa shape index (κ2) is 9.46. The summed E-state index contributed by atoms with van der Waals surface area (Å²) in [5.74, 6) is -0.300. The number of Topliss-reactive ketones (excluding diaryl/α,β-unsaturated/α-hetero) is 1. The van der Waals surface area contributed by atoms with Gasteiger partial charge in [-0.1, -0.05) is 11.2 Å². The molecule has 0 spiro atoms. The Morgan fingerprint density at radius 1 is 1.23 bits per heavy atom. The molecule has 0 unspecified atom stereocenters. The van der Waals surface area contributed by atoms with Gasteiger partial charge >= 0.3 is 0 Å². The number of methoxy groups -OCH3 is 2. The van der Waals surface area contributed by atoms with Crippen LogP contribution in [0.3, 0.4) is 0 Å². The predicted octanol–water partition coefficient (Wildman–Crippen LogP) is 3.47. The van der Waals surface area contributed by atoms with Gasteiger partial charge in [0.2, 0.25) is 0 Å². The zero-order valence-electron chi connectivity index (χ0n) is 15.8.